The minimum absolute atomic E-state index is 0. The van der Waals surface area contributed by atoms with E-state index in [1.807, 2.05) is 0 Å². The molecule has 0 aliphatic carbocycles. The van der Waals surface area contributed by atoms with Gasteiger partial charge in [0.05, 0.1) is 0 Å². The largest absolute Gasteiger partial charge is 1.00 e. The second kappa shape index (κ2) is 67.9. The Bertz CT molecular complexity index is 21.2. The third-order valence-corrected chi connectivity index (χ3v) is 0. The average molecular weight is 304 g/mol. The van der Waals surface area contributed by atoms with E-state index in [9.17, 15) is 0 Å². The van der Waals surface area contributed by atoms with E-state index in [4.69, 9.17) is 4.21 Å². The number of rotatable bonds is 0. The molecule has 0 aliphatic heterocycles. The summed E-state index contributed by atoms with van der Waals surface area (Å²) in [7, 11) is 0. The molecule has 0 saturated heterocycles. The van der Waals surface area contributed by atoms with Crippen LogP contribution in [0.4, 0.5) is 0 Å². The van der Waals surface area contributed by atoms with Crippen molar-refractivity contribution in [2.45, 2.75) is 11.4 Å². The second-order valence-electron chi connectivity index (χ2n) is 0.354. The minimum atomic E-state index is 0. The number of hydrogen-bond donors (Lipinski definition) is 0. The van der Waals surface area contributed by atoms with Crippen molar-refractivity contribution in [3.05, 3.63) is 0 Å². The van der Waals surface area contributed by atoms with E-state index in [1.54, 1.807) is 35.1 Å². The smallest absolute Gasteiger partial charge is 0.00591 e. The van der Waals surface area contributed by atoms with Gasteiger partial charge >= 0.3 is 33.9 Å². The quantitative estimate of drug-likeness (QED) is 0.406. The van der Waals surface area contributed by atoms with Crippen molar-refractivity contribution in [1.29, 1.82) is 0 Å². The van der Waals surface area contributed by atoms with Gasteiger partial charge in [-0.05, 0) is 12.5 Å². The zero-order valence-electron chi connectivity index (χ0n) is 4.25. The summed E-state index contributed by atoms with van der Waals surface area (Å²) >= 11 is 3.36. The molecule has 0 aromatic heterocycles. The van der Waals surface area contributed by atoms with Crippen molar-refractivity contribution in [3.8, 4) is 0 Å². The van der Waals surface area contributed by atoms with Crippen molar-refractivity contribution in [3.63, 3.8) is 0 Å². The Hall–Kier alpha value is 1.82. The minimum Gasteiger partial charge on any atom is -1.00 e. The molecule has 0 N–H and O–H groups in total. The van der Waals surface area contributed by atoms with E-state index >= 15 is 0 Å². The van der Waals surface area contributed by atoms with Gasteiger partial charge in [-0.3, -0.25) is 4.21 Å². The zero-order valence-corrected chi connectivity index (χ0v) is 10.4. The van der Waals surface area contributed by atoms with Gasteiger partial charge in [-0.15, -0.1) is 0 Å². The summed E-state index contributed by atoms with van der Waals surface area (Å²) in [6.07, 6.45) is 0. The monoisotopic (exact) mass is 304 g/mol. The molecule has 0 atom stereocenters. The third-order valence-electron chi connectivity index (χ3n) is 0. The fourth-order valence-electron chi connectivity index (χ4n) is 0. The Morgan fingerprint density at radius 1 is 1.25 bits per heavy atom. The third kappa shape index (κ3) is 110. The van der Waals surface area contributed by atoms with E-state index in [-0.39, 0.29) is 37.2 Å². The Labute approximate surface area is 87.2 Å². The van der Waals surface area contributed by atoms with Crippen LogP contribution < -0.4 is 37.2 Å². The normalized spacial score (nSPS) is 3.00. The summed E-state index contributed by atoms with van der Waals surface area (Å²) in [5.41, 5.74) is 0. The molecule has 0 rings (SSSR count). The van der Waals surface area contributed by atoms with Crippen molar-refractivity contribution in [2.75, 3.05) is 0 Å². The summed E-state index contributed by atoms with van der Waals surface area (Å²) in [5, 5.41) is 0. The topological polar surface area (TPSA) is 17.1 Å². The molecule has 0 amide bonds. The molecule has 6 heteroatoms. The maximum absolute atomic E-state index is 8.06. The number of halogens is 3. The molecule has 0 fully saturated rings. The molecule has 0 spiro atoms. The van der Waals surface area contributed by atoms with Gasteiger partial charge < -0.3 is 37.2 Å². The molecule has 52 valence electrons. The molecular formula is C2H7Cl3OSSn. The fourth-order valence-corrected chi connectivity index (χ4v) is 0. The molecule has 8 heavy (non-hydrogen) atoms. The molecular weight excluding hydrogens is 297 g/mol. The summed E-state index contributed by atoms with van der Waals surface area (Å²) in [6, 6.07) is 0. The standard InChI is InChI=1S/C2H5.3ClH.H2OS.Sn/c1-2;;;;1-2;/h1H2,2H3;3*1H;2H2;/q;;;;;+3/p-3. The summed E-state index contributed by atoms with van der Waals surface area (Å²) in [5.74, 6) is 0. The van der Waals surface area contributed by atoms with Crippen LogP contribution in [0.25, 0.3) is 0 Å². The first-order valence-corrected chi connectivity index (χ1v) is 3.69. The van der Waals surface area contributed by atoms with Gasteiger partial charge in [0.25, 0.3) is 0 Å². The van der Waals surface area contributed by atoms with Crippen LogP contribution in [0, 0.1) is 0 Å². The van der Waals surface area contributed by atoms with Gasteiger partial charge in [0.15, 0.2) is 0 Å². The van der Waals surface area contributed by atoms with Gasteiger partial charge in [0.1, 0.15) is 0 Å². The maximum atomic E-state index is 8.06. The predicted octanol–water partition coefficient (Wildman–Crippen LogP) is -9.27. The van der Waals surface area contributed by atoms with Crippen LogP contribution >= 0.6 is 0 Å². The Balaban J connectivity index is -0.00000000567. The van der Waals surface area contributed by atoms with E-state index in [0.29, 0.717) is 0 Å². The van der Waals surface area contributed by atoms with Crippen LogP contribution in [0.5, 0.6) is 0 Å². The molecule has 0 bridgehead atoms. The van der Waals surface area contributed by atoms with E-state index in [1.165, 1.54) is 4.44 Å². The molecule has 1 nitrogen and oxygen atoms in total. The average Bonchev–Trinajstić information content (AvgIpc) is 1.46. The summed E-state index contributed by atoms with van der Waals surface area (Å²) in [4.78, 5) is 0. The molecule has 0 aliphatic rings. The van der Waals surface area contributed by atoms with Gasteiger partial charge in [0, 0.05) is 0 Å². The first-order valence-electron chi connectivity index (χ1n) is 1.26. The fraction of sp³-hybridized carbons (Fsp3) is 1.00. The van der Waals surface area contributed by atoms with Gasteiger partial charge in [-0.25, -0.2) is 0 Å². The van der Waals surface area contributed by atoms with Gasteiger partial charge in [-0.1, -0.05) is 0 Å². The van der Waals surface area contributed by atoms with Crippen LogP contribution in [-0.2, 0) is 12.5 Å². The first kappa shape index (κ1) is 32.9. The van der Waals surface area contributed by atoms with Crippen molar-refractivity contribution in [2.24, 2.45) is 0 Å². The first-order chi connectivity index (χ1) is 2.41. The van der Waals surface area contributed by atoms with Crippen LogP contribution in [-0.4, -0.2) is 26.7 Å². The van der Waals surface area contributed by atoms with E-state index < -0.39 is 0 Å². The predicted molar refractivity (Wildman–Crippen MR) is 27.2 cm³/mol. The maximum Gasteiger partial charge on any atom is -0.00591 e. The molecule has 0 unspecified atom stereocenters. The molecule has 0 aromatic rings. The Morgan fingerprint density at radius 3 is 1.25 bits per heavy atom. The SMILES string of the molecule is C[CH2][Sn+3].O=[SH2].[Cl-].[Cl-].[Cl-]. The molecule has 0 aromatic carbocycles. The zero-order chi connectivity index (χ0) is 4.71. The van der Waals surface area contributed by atoms with E-state index in [2.05, 4.69) is 6.92 Å². The van der Waals surface area contributed by atoms with Crippen molar-refractivity contribution < 1.29 is 41.4 Å². The number of hydrogen-bond acceptors (Lipinski definition) is 1. The second-order valence-corrected chi connectivity index (χ2v) is 2.37. The molecule has 0 radical (unpaired) electrons. The molecule has 0 saturated carbocycles. The van der Waals surface area contributed by atoms with Gasteiger partial charge in [0.2, 0.25) is 0 Å². The summed E-state index contributed by atoms with van der Waals surface area (Å²) < 4.78 is 9.40. The van der Waals surface area contributed by atoms with Crippen molar-refractivity contribution >= 4 is 35.1 Å². The van der Waals surface area contributed by atoms with Gasteiger partial charge in [-0.2, -0.15) is 0 Å². The Morgan fingerprint density at radius 2 is 1.25 bits per heavy atom. The van der Waals surface area contributed by atoms with Crippen LogP contribution in [0.2, 0.25) is 4.44 Å². The van der Waals surface area contributed by atoms with Crippen molar-refractivity contribution in [1.82, 2.24) is 0 Å². The molecule has 0 heterocycles. The van der Waals surface area contributed by atoms with Crippen LogP contribution in [0.15, 0.2) is 0 Å². The summed E-state index contributed by atoms with van der Waals surface area (Å²) in [6.45, 7) is 2.16. The van der Waals surface area contributed by atoms with Crippen LogP contribution in [0.1, 0.15) is 6.92 Å². The Kier molecular flexibility index (Phi) is 279. The van der Waals surface area contributed by atoms with E-state index in [0.717, 1.165) is 0 Å². The van der Waals surface area contributed by atoms with Crippen LogP contribution in [0.3, 0.4) is 0 Å².